The number of aryl methyl sites for hydroxylation is 1. The zero-order valence-corrected chi connectivity index (χ0v) is 15.8. The van der Waals surface area contributed by atoms with Crippen LogP contribution in [0, 0.1) is 12.8 Å². The molecule has 0 atom stereocenters. The highest BCUT2D eigenvalue weighted by Crippen LogP contribution is 2.23. The second-order valence-corrected chi connectivity index (χ2v) is 8.36. The van der Waals surface area contributed by atoms with Crippen molar-refractivity contribution in [2.75, 3.05) is 17.9 Å². The van der Waals surface area contributed by atoms with Crippen LogP contribution in [0.5, 0.6) is 0 Å². The van der Waals surface area contributed by atoms with Gasteiger partial charge in [-0.2, -0.15) is 0 Å². The number of carbonyl (C=O) groups excluding carboxylic acids is 1. The number of hydrogen-bond donors (Lipinski definition) is 1. The fraction of sp³-hybridized carbons (Fsp3) is 0.316. The normalized spacial score (nSPS) is 11.4. The van der Waals surface area contributed by atoms with Crippen molar-refractivity contribution in [3.05, 3.63) is 59.7 Å². The molecule has 0 aliphatic heterocycles. The quantitative estimate of drug-likeness (QED) is 0.860. The molecule has 0 saturated carbocycles. The summed E-state index contributed by atoms with van der Waals surface area (Å²) in [5, 5.41) is 2.83. The van der Waals surface area contributed by atoms with Crippen molar-refractivity contribution >= 4 is 21.6 Å². The first-order valence-electron chi connectivity index (χ1n) is 8.16. The first-order chi connectivity index (χ1) is 11.7. The minimum Gasteiger partial charge on any atom is -0.352 e. The van der Waals surface area contributed by atoms with Crippen LogP contribution in [0.1, 0.15) is 29.8 Å². The van der Waals surface area contributed by atoms with E-state index in [9.17, 15) is 13.2 Å². The lowest BCUT2D eigenvalue weighted by Crippen LogP contribution is -2.29. The summed E-state index contributed by atoms with van der Waals surface area (Å²) < 4.78 is 27.0. The predicted octanol–water partition coefficient (Wildman–Crippen LogP) is 3.21. The lowest BCUT2D eigenvalue weighted by Gasteiger charge is -2.20. The van der Waals surface area contributed by atoms with Gasteiger partial charge < -0.3 is 5.32 Å². The summed E-state index contributed by atoms with van der Waals surface area (Å²) in [6, 6.07) is 13.5. The molecule has 0 spiro atoms. The van der Waals surface area contributed by atoms with E-state index in [4.69, 9.17) is 0 Å². The Labute approximate surface area is 149 Å². The van der Waals surface area contributed by atoms with Crippen molar-refractivity contribution in [2.24, 2.45) is 5.92 Å². The van der Waals surface area contributed by atoms with Crippen LogP contribution in [0.15, 0.2) is 53.4 Å². The van der Waals surface area contributed by atoms with Crippen molar-refractivity contribution in [3.63, 3.8) is 0 Å². The molecule has 0 bridgehead atoms. The number of benzene rings is 2. The Morgan fingerprint density at radius 3 is 2.36 bits per heavy atom. The number of nitrogens with one attached hydrogen (secondary N) is 1. The fourth-order valence-electron chi connectivity index (χ4n) is 2.33. The van der Waals surface area contributed by atoms with Crippen LogP contribution in [0.25, 0.3) is 0 Å². The number of amides is 1. The highest BCUT2D eigenvalue weighted by Gasteiger charge is 2.23. The molecule has 0 aromatic heterocycles. The molecule has 5 nitrogen and oxygen atoms in total. The van der Waals surface area contributed by atoms with Gasteiger partial charge in [-0.1, -0.05) is 38.1 Å². The molecule has 0 aliphatic rings. The van der Waals surface area contributed by atoms with Gasteiger partial charge in [0.2, 0.25) is 0 Å². The Morgan fingerprint density at radius 1 is 1.12 bits per heavy atom. The van der Waals surface area contributed by atoms with Crippen LogP contribution in [0.3, 0.4) is 0 Å². The summed E-state index contributed by atoms with van der Waals surface area (Å²) in [6.45, 7) is 6.34. The highest BCUT2D eigenvalue weighted by atomic mass is 32.2. The monoisotopic (exact) mass is 360 g/mol. The molecular formula is C19H24N2O3S. The largest absolute Gasteiger partial charge is 0.352 e. The van der Waals surface area contributed by atoms with E-state index in [1.165, 1.54) is 23.5 Å². The average Bonchev–Trinajstić information content (AvgIpc) is 2.59. The molecule has 0 radical (unpaired) electrons. The number of para-hydroxylation sites is 1. The first kappa shape index (κ1) is 19.0. The molecule has 2 aromatic carbocycles. The van der Waals surface area contributed by atoms with Crippen LogP contribution >= 0.6 is 0 Å². The molecule has 6 heteroatoms. The van der Waals surface area contributed by atoms with E-state index in [0.717, 1.165) is 5.56 Å². The molecule has 0 unspecified atom stereocenters. The topological polar surface area (TPSA) is 66.5 Å². The molecule has 0 fully saturated rings. The van der Waals surface area contributed by atoms with E-state index in [2.05, 4.69) is 5.32 Å². The third-order valence-electron chi connectivity index (χ3n) is 3.90. The summed E-state index contributed by atoms with van der Waals surface area (Å²) in [7, 11) is -2.24. The van der Waals surface area contributed by atoms with E-state index in [-0.39, 0.29) is 10.8 Å². The second kappa shape index (κ2) is 7.70. The highest BCUT2D eigenvalue weighted by molar-refractivity contribution is 7.92. The molecule has 1 amide bonds. The van der Waals surface area contributed by atoms with Gasteiger partial charge in [-0.25, -0.2) is 8.42 Å². The van der Waals surface area contributed by atoms with Gasteiger partial charge in [0.15, 0.2) is 0 Å². The molecule has 25 heavy (non-hydrogen) atoms. The van der Waals surface area contributed by atoms with Crippen LogP contribution < -0.4 is 9.62 Å². The van der Waals surface area contributed by atoms with Gasteiger partial charge >= 0.3 is 0 Å². The van der Waals surface area contributed by atoms with E-state index in [0.29, 0.717) is 23.7 Å². The van der Waals surface area contributed by atoms with Crippen molar-refractivity contribution in [1.82, 2.24) is 5.32 Å². The van der Waals surface area contributed by atoms with Crippen molar-refractivity contribution in [2.45, 2.75) is 25.7 Å². The van der Waals surface area contributed by atoms with Crippen LogP contribution in [0.2, 0.25) is 0 Å². The number of anilines is 1. The third-order valence-corrected chi connectivity index (χ3v) is 5.68. The molecule has 2 rings (SSSR count). The van der Waals surface area contributed by atoms with E-state index < -0.39 is 10.0 Å². The standard InChI is InChI=1S/C19H24N2O3S/c1-14(2)13-20-19(22)18-12-17(11-10-15(18)3)25(23,24)21(4)16-8-6-5-7-9-16/h5-12,14H,13H2,1-4H3,(H,20,22). The van der Waals surface area contributed by atoms with Crippen LogP contribution in [-0.4, -0.2) is 27.9 Å². The van der Waals surface area contributed by atoms with Crippen LogP contribution in [0.4, 0.5) is 5.69 Å². The maximum atomic E-state index is 12.9. The molecule has 0 aliphatic carbocycles. The Bertz CT molecular complexity index is 846. The summed E-state index contributed by atoms with van der Waals surface area (Å²) in [4.78, 5) is 12.5. The van der Waals surface area contributed by atoms with Crippen molar-refractivity contribution in [3.8, 4) is 0 Å². The Morgan fingerprint density at radius 2 is 1.76 bits per heavy atom. The van der Waals surface area contributed by atoms with Crippen molar-refractivity contribution in [1.29, 1.82) is 0 Å². The molecular weight excluding hydrogens is 336 g/mol. The van der Waals surface area contributed by atoms with Gasteiger partial charge in [-0.05, 0) is 42.7 Å². The molecule has 2 aromatic rings. The molecule has 1 N–H and O–H groups in total. The predicted molar refractivity (Wildman–Crippen MR) is 100 cm³/mol. The van der Waals surface area contributed by atoms with Crippen molar-refractivity contribution < 1.29 is 13.2 Å². The van der Waals surface area contributed by atoms with Gasteiger partial charge in [0, 0.05) is 19.2 Å². The van der Waals surface area contributed by atoms with E-state index >= 15 is 0 Å². The maximum absolute atomic E-state index is 12.9. The maximum Gasteiger partial charge on any atom is 0.264 e. The summed E-state index contributed by atoms with van der Waals surface area (Å²) in [6.07, 6.45) is 0. The van der Waals surface area contributed by atoms with Gasteiger partial charge in [-0.15, -0.1) is 0 Å². The summed E-state index contributed by atoms with van der Waals surface area (Å²) >= 11 is 0. The number of hydrogen-bond acceptors (Lipinski definition) is 3. The Balaban J connectivity index is 2.36. The van der Waals surface area contributed by atoms with Gasteiger partial charge in [0.05, 0.1) is 10.6 Å². The van der Waals surface area contributed by atoms with E-state index in [1.807, 2.05) is 19.9 Å². The number of nitrogens with zero attached hydrogens (tertiary/aromatic N) is 1. The zero-order valence-electron chi connectivity index (χ0n) is 15.0. The molecule has 0 saturated heterocycles. The third kappa shape index (κ3) is 4.39. The van der Waals surface area contributed by atoms with Gasteiger partial charge in [0.25, 0.3) is 15.9 Å². The van der Waals surface area contributed by atoms with Gasteiger partial charge in [-0.3, -0.25) is 9.10 Å². The fourth-order valence-corrected chi connectivity index (χ4v) is 3.56. The molecule has 134 valence electrons. The minimum atomic E-state index is -3.74. The van der Waals surface area contributed by atoms with Crippen LogP contribution in [-0.2, 0) is 10.0 Å². The second-order valence-electron chi connectivity index (χ2n) is 6.39. The Kier molecular flexibility index (Phi) is 5.85. The first-order valence-corrected chi connectivity index (χ1v) is 9.60. The van der Waals surface area contributed by atoms with Gasteiger partial charge in [0.1, 0.15) is 0 Å². The average molecular weight is 360 g/mol. The van der Waals surface area contributed by atoms with E-state index in [1.54, 1.807) is 37.3 Å². The SMILES string of the molecule is Cc1ccc(S(=O)(=O)N(C)c2ccccc2)cc1C(=O)NCC(C)C. The smallest absolute Gasteiger partial charge is 0.264 e. The molecule has 0 heterocycles. The summed E-state index contributed by atoms with van der Waals surface area (Å²) in [5.74, 6) is 0.0611. The number of sulfonamides is 1. The number of carbonyl (C=O) groups is 1. The lowest BCUT2D eigenvalue weighted by atomic mass is 10.1. The summed E-state index contributed by atoms with van der Waals surface area (Å²) in [5.41, 5.74) is 1.68. The minimum absolute atomic E-state index is 0.0964. The zero-order chi connectivity index (χ0) is 18.6. The Hall–Kier alpha value is -2.34. The number of rotatable bonds is 6. The lowest BCUT2D eigenvalue weighted by molar-refractivity contribution is 0.0948.